The largest absolute Gasteiger partial charge is 0.392 e. The number of thiocarbonyl (C=S) groups is 1. The van der Waals surface area contributed by atoms with Gasteiger partial charge in [-0.15, -0.1) is 0 Å². The van der Waals surface area contributed by atoms with E-state index in [1.165, 1.54) is 0 Å². The van der Waals surface area contributed by atoms with E-state index in [0.29, 0.717) is 4.99 Å². The van der Waals surface area contributed by atoms with Gasteiger partial charge >= 0.3 is 0 Å². The summed E-state index contributed by atoms with van der Waals surface area (Å²) in [6, 6.07) is 0. The standard InChI is InChI=1S/C14H26N2OS/c1-12(2,3)9-13(4,5)16-11(17)14(10(15)18)7-6-8-14/h6-9H2,1-5H3,(H2,15,18)(H,16,17). The van der Waals surface area contributed by atoms with Gasteiger partial charge in [-0.05, 0) is 38.5 Å². The van der Waals surface area contributed by atoms with Gasteiger partial charge in [-0.3, -0.25) is 4.79 Å². The van der Waals surface area contributed by atoms with E-state index in [-0.39, 0.29) is 16.9 Å². The molecule has 18 heavy (non-hydrogen) atoms. The minimum Gasteiger partial charge on any atom is -0.392 e. The molecule has 0 aliphatic heterocycles. The number of hydrogen-bond donors (Lipinski definition) is 2. The SMILES string of the molecule is CC(C)(C)CC(C)(C)NC(=O)C1(C(N)=S)CCC1. The minimum absolute atomic E-state index is 0.00972. The van der Waals surface area contributed by atoms with Gasteiger partial charge in [-0.2, -0.15) is 0 Å². The number of carbonyl (C=O) groups excluding carboxylic acids is 1. The summed E-state index contributed by atoms with van der Waals surface area (Å²) >= 11 is 5.07. The molecule has 3 N–H and O–H groups in total. The quantitative estimate of drug-likeness (QED) is 0.772. The van der Waals surface area contributed by atoms with Gasteiger partial charge in [0.1, 0.15) is 0 Å². The van der Waals surface area contributed by atoms with Gasteiger partial charge in [-0.1, -0.05) is 39.4 Å². The van der Waals surface area contributed by atoms with Crippen LogP contribution >= 0.6 is 12.2 Å². The fraction of sp³-hybridized carbons (Fsp3) is 0.857. The third-order valence-corrected chi connectivity index (χ3v) is 3.93. The van der Waals surface area contributed by atoms with Crippen LogP contribution in [0, 0.1) is 10.8 Å². The maximum absolute atomic E-state index is 12.4. The molecular weight excluding hydrogens is 244 g/mol. The van der Waals surface area contributed by atoms with Crippen molar-refractivity contribution in [2.75, 3.05) is 0 Å². The van der Waals surface area contributed by atoms with Crippen LogP contribution in [-0.2, 0) is 4.79 Å². The predicted molar refractivity (Wildman–Crippen MR) is 79.4 cm³/mol. The van der Waals surface area contributed by atoms with Gasteiger partial charge in [0, 0.05) is 5.54 Å². The molecule has 0 heterocycles. The first kappa shape index (κ1) is 15.4. The molecule has 0 bridgehead atoms. The molecule has 0 saturated heterocycles. The number of nitrogens with two attached hydrogens (primary N) is 1. The predicted octanol–water partition coefficient (Wildman–Crippen LogP) is 2.77. The van der Waals surface area contributed by atoms with Crippen molar-refractivity contribution in [3.05, 3.63) is 0 Å². The van der Waals surface area contributed by atoms with E-state index >= 15 is 0 Å². The van der Waals surface area contributed by atoms with Crippen molar-refractivity contribution < 1.29 is 4.79 Å². The van der Waals surface area contributed by atoms with Crippen LogP contribution in [0.25, 0.3) is 0 Å². The van der Waals surface area contributed by atoms with Gasteiger partial charge in [-0.25, -0.2) is 0 Å². The molecule has 0 unspecified atom stereocenters. The Morgan fingerprint density at radius 3 is 2.06 bits per heavy atom. The van der Waals surface area contributed by atoms with Crippen LogP contribution in [0.5, 0.6) is 0 Å². The van der Waals surface area contributed by atoms with Crippen molar-refractivity contribution in [1.29, 1.82) is 0 Å². The lowest BCUT2D eigenvalue weighted by atomic mass is 9.67. The first-order valence-corrected chi connectivity index (χ1v) is 7.02. The molecule has 1 aliphatic carbocycles. The molecule has 104 valence electrons. The third kappa shape index (κ3) is 3.44. The molecular formula is C14H26N2OS. The third-order valence-electron chi connectivity index (χ3n) is 3.54. The second kappa shape index (κ2) is 4.80. The molecule has 0 aromatic heterocycles. The lowest BCUT2D eigenvalue weighted by Crippen LogP contribution is -2.58. The normalized spacial score (nSPS) is 18.9. The Morgan fingerprint density at radius 2 is 1.78 bits per heavy atom. The highest BCUT2D eigenvalue weighted by Crippen LogP contribution is 2.42. The molecule has 0 atom stereocenters. The first-order chi connectivity index (χ1) is 7.99. The molecule has 0 spiro atoms. The molecule has 3 nitrogen and oxygen atoms in total. The van der Waals surface area contributed by atoms with Gasteiger partial charge in [0.15, 0.2) is 0 Å². The van der Waals surface area contributed by atoms with Crippen molar-refractivity contribution in [3.8, 4) is 0 Å². The maximum atomic E-state index is 12.4. The number of rotatable bonds is 4. The summed E-state index contributed by atoms with van der Waals surface area (Å²) in [5.41, 5.74) is 5.11. The van der Waals surface area contributed by atoms with Crippen LogP contribution < -0.4 is 11.1 Å². The summed E-state index contributed by atoms with van der Waals surface area (Å²) < 4.78 is 0. The lowest BCUT2D eigenvalue weighted by molar-refractivity contribution is -0.132. The molecule has 1 aliphatic rings. The van der Waals surface area contributed by atoms with Crippen LogP contribution in [0.3, 0.4) is 0 Å². The molecule has 1 rings (SSSR count). The van der Waals surface area contributed by atoms with E-state index in [0.717, 1.165) is 25.7 Å². The van der Waals surface area contributed by atoms with Gasteiger partial charge in [0.25, 0.3) is 0 Å². The van der Waals surface area contributed by atoms with Gasteiger partial charge in [0.05, 0.1) is 10.4 Å². The van der Waals surface area contributed by atoms with Crippen LogP contribution in [0.15, 0.2) is 0 Å². The van der Waals surface area contributed by atoms with E-state index in [2.05, 4.69) is 39.9 Å². The Bertz CT molecular complexity index is 351. The highest BCUT2D eigenvalue weighted by Gasteiger charge is 2.48. The van der Waals surface area contributed by atoms with E-state index in [4.69, 9.17) is 18.0 Å². The summed E-state index contributed by atoms with van der Waals surface area (Å²) in [6.07, 6.45) is 3.53. The zero-order valence-corrected chi connectivity index (χ0v) is 13.0. The average Bonchev–Trinajstić information content (AvgIpc) is 1.91. The summed E-state index contributed by atoms with van der Waals surface area (Å²) in [4.78, 5) is 12.8. The first-order valence-electron chi connectivity index (χ1n) is 6.61. The van der Waals surface area contributed by atoms with Crippen LogP contribution in [0.2, 0.25) is 0 Å². The number of nitrogens with one attached hydrogen (secondary N) is 1. The van der Waals surface area contributed by atoms with Crippen molar-refractivity contribution in [3.63, 3.8) is 0 Å². The van der Waals surface area contributed by atoms with E-state index in [1.807, 2.05) is 0 Å². The molecule has 4 heteroatoms. The van der Waals surface area contributed by atoms with Gasteiger partial charge < -0.3 is 11.1 Å². The lowest BCUT2D eigenvalue weighted by Gasteiger charge is -2.42. The average molecular weight is 270 g/mol. The van der Waals surface area contributed by atoms with Crippen LogP contribution in [0.4, 0.5) is 0 Å². The van der Waals surface area contributed by atoms with Crippen molar-refractivity contribution >= 4 is 23.1 Å². The van der Waals surface area contributed by atoms with E-state index in [9.17, 15) is 4.79 Å². The summed E-state index contributed by atoms with van der Waals surface area (Å²) in [5, 5.41) is 3.13. The Labute approximate surface area is 116 Å². The Morgan fingerprint density at radius 1 is 1.28 bits per heavy atom. The number of amides is 1. The number of carbonyl (C=O) groups is 1. The summed E-state index contributed by atoms with van der Waals surface area (Å²) in [5.74, 6) is 0.00972. The smallest absolute Gasteiger partial charge is 0.233 e. The van der Waals surface area contributed by atoms with Crippen LogP contribution in [0.1, 0.15) is 60.3 Å². The Balaban J connectivity index is 2.72. The fourth-order valence-electron chi connectivity index (χ4n) is 2.91. The van der Waals surface area contributed by atoms with Crippen molar-refractivity contribution in [1.82, 2.24) is 5.32 Å². The second-order valence-corrected chi connectivity index (χ2v) is 7.82. The number of hydrogen-bond acceptors (Lipinski definition) is 2. The highest BCUT2D eigenvalue weighted by atomic mass is 32.1. The molecule has 1 fully saturated rings. The zero-order chi connectivity index (χ0) is 14.2. The van der Waals surface area contributed by atoms with E-state index in [1.54, 1.807) is 0 Å². The zero-order valence-electron chi connectivity index (χ0n) is 12.2. The molecule has 1 amide bonds. The summed E-state index contributed by atoms with van der Waals surface area (Å²) in [6.45, 7) is 10.6. The minimum atomic E-state index is -0.579. The highest BCUT2D eigenvalue weighted by molar-refractivity contribution is 7.80. The van der Waals surface area contributed by atoms with Crippen molar-refractivity contribution in [2.45, 2.75) is 65.8 Å². The molecule has 0 aromatic rings. The van der Waals surface area contributed by atoms with Crippen LogP contribution in [-0.4, -0.2) is 16.4 Å². The fourth-order valence-corrected chi connectivity index (χ4v) is 3.21. The molecule has 1 saturated carbocycles. The monoisotopic (exact) mass is 270 g/mol. The van der Waals surface area contributed by atoms with Crippen molar-refractivity contribution in [2.24, 2.45) is 16.6 Å². The molecule has 0 radical (unpaired) electrons. The van der Waals surface area contributed by atoms with Gasteiger partial charge in [0.2, 0.25) is 5.91 Å². The Hall–Kier alpha value is -0.640. The second-order valence-electron chi connectivity index (χ2n) is 7.38. The Kier molecular flexibility index (Phi) is 4.11. The van der Waals surface area contributed by atoms with E-state index < -0.39 is 5.41 Å². The molecule has 0 aromatic carbocycles. The topological polar surface area (TPSA) is 55.1 Å². The maximum Gasteiger partial charge on any atom is 0.233 e. The summed E-state index contributed by atoms with van der Waals surface area (Å²) in [7, 11) is 0.